The molecule has 1 aromatic carbocycles. The second kappa shape index (κ2) is 5.36. The lowest BCUT2D eigenvalue weighted by atomic mass is 9.92. The Hall–Kier alpha value is -2.94. The summed E-state index contributed by atoms with van der Waals surface area (Å²) in [5.74, 6) is -0.929. The summed E-state index contributed by atoms with van der Waals surface area (Å²) in [6.45, 7) is 1.51. The Labute approximate surface area is 115 Å². The smallest absolute Gasteiger partial charge is 0.333 e. The highest BCUT2D eigenvalue weighted by atomic mass is 16.4. The summed E-state index contributed by atoms with van der Waals surface area (Å²) >= 11 is 0. The number of carboxylic acids is 1. The first kappa shape index (κ1) is 13.5. The molecule has 0 saturated heterocycles. The van der Waals surface area contributed by atoms with Crippen LogP contribution in [0.2, 0.25) is 0 Å². The third kappa shape index (κ3) is 2.42. The van der Waals surface area contributed by atoms with Crippen LogP contribution in [0.1, 0.15) is 18.1 Å². The van der Waals surface area contributed by atoms with Crippen LogP contribution in [0.15, 0.2) is 42.6 Å². The Morgan fingerprint density at radius 2 is 2.05 bits per heavy atom. The maximum absolute atomic E-state index is 11.6. The second-order valence-corrected chi connectivity index (χ2v) is 4.33. The molecule has 0 bridgehead atoms. The van der Waals surface area contributed by atoms with Gasteiger partial charge in [0.1, 0.15) is 6.07 Å². The van der Waals surface area contributed by atoms with Gasteiger partial charge in [-0.2, -0.15) is 10.4 Å². The zero-order valence-corrected chi connectivity index (χ0v) is 10.7. The summed E-state index contributed by atoms with van der Waals surface area (Å²) in [5.41, 5.74) is -0.603. The molecule has 1 aromatic heterocycles. The second-order valence-electron chi connectivity index (χ2n) is 4.33. The number of nitrogens with one attached hydrogen (secondary N) is 1. The minimum absolute atomic E-state index is 0.142. The number of hydrogen-bond donors (Lipinski definition) is 2. The first-order chi connectivity index (χ1) is 9.58. The molecular weight excluding hydrogens is 256 g/mol. The van der Waals surface area contributed by atoms with Crippen LogP contribution >= 0.6 is 0 Å². The van der Waals surface area contributed by atoms with E-state index in [0.717, 1.165) is 0 Å². The van der Waals surface area contributed by atoms with Crippen molar-refractivity contribution in [2.24, 2.45) is 0 Å². The van der Waals surface area contributed by atoms with Gasteiger partial charge in [0.2, 0.25) is 0 Å². The van der Waals surface area contributed by atoms with Crippen LogP contribution in [0.4, 0.5) is 5.82 Å². The first-order valence-corrected chi connectivity index (χ1v) is 5.87. The highest BCUT2D eigenvalue weighted by Gasteiger charge is 2.36. The highest BCUT2D eigenvalue weighted by molar-refractivity contribution is 5.84. The largest absolute Gasteiger partial charge is 0.479 e. The number of carboxylic acid groups (broad SMARTS) is 1. The van der Waals surface area contributed by atoms with E-state index in [9.17, 15) is 9.90 Å². The molecule has 20 heavy (non-hydrogen) atoms. The first-order valence-electron chi connectivity index (χ1n) is 5.87. The van der Waals surface area contributed by atoms with Crippen molar-refractivity contribution in [2.45, 2.75) is 12.5 Å². The summed E-state index contributed by atoms with van der Waals surface area (Å²) < 4.78 is 0. The van der Waals surface area contributed by atoms with Crippen LogP contribution in [0.5, 0.6) is 0 Å². The molecule has 2 aromatic rings. The van der Waals surface area contributed by atoms with E-state index in [2.05, 4.69) is 15.5 Å². The molecule has 0 aliphatic carbocycles. The van der Waals surface area contributed by atoms with Gasteiger partial charge in [0.15, 0.2) is 11.4 Å². The van der Waals surface area contributed by atoms with Crippen molar-refractivity contribution < 1.29 is 9.90 Å². The fraction of sp³-hybridized carbons (Fsp3) is 0.143. The predicted octanol–water partition coefficient (Wildman–Crippen LogP) is 1.76. The van der Waals surface area contributed by atoms with Gasteiger partial charge in [0.05, 0.1) is 11.8 Å². The van der Waals surface area contributed by atoms with E-state index in [4.69, 9.17) is 5.26 Å². The number of rotatable bonds is 4. The molecule has 2 rings (SSSR count). The van der Waals surface area contributed by atoms with Crippen LogP contribution in [0.3, 0.4) is 0 Å². The average Bonchev–Trinajstić information content (AvgIpc) is 2.48. The van der Waals surface area contributed by atoms with Crippen molar-refractivity contribution in [3.63, 3.8) is 0 Å². The molecule has 100 valence electrons. The predicted molar refractivity (Wildman–Crippen MR) is 71.8 cm³/mol. The number of anilines is 1. The Balaban J connectivity index is 2.46. The lowest BCUT2D eigenvalue weighted by Crippen LogP contribution is -2.41. The molecule has 1 atom stereocenters. The fourth-order valence-corrected chi connectivity index (χ4v) is 1.77. The van der Waals surface area contributed by atoms with Gasteiger partial charge in [-0.25, -0.2) is 4.79 Å². The van der Waals surface area contributed by atoms with E-state index in [1.807, 2.05) is 6.07 Å². The molecule has 1 unspecified atom stereocenters. The van der Waals surface area contributed by atoms with Gasteiger partial charge in [0, 0.05) is 0 Å². The number of nitrogens with zero attached hydrogens (tertiary/aromatic N) is 3. The fourth-order valence-electron chi connectivity index (χ4n) is 1.77. The Bertz CT molecular complexity index is 666. The molecule has 0 saturated carbocycles. The van der Waals surface area contributed by atoms with Gasteiger partial charge in [-0.3, -0.25) is 0 Å². The molecule has 6 heteroatoms. The van der Waals surface area contributed by atoms with Gasteiger partial charge < -0.3 is 10.4 Å². The van der Waals surface area contributed by atoms with Gasteiger partial charge >= 0.3 is 5.97 Å². The van der Waals surface area contributed by atoms with Crippen molar-refractivity contribution in [1.82, 2.24) is 10.2 Å². The Kier molecular flexibility index (Phi) is 3.62. The van der Waals surface area contributed by atoms with Crippen LogP contribution in [-0.2, 0) is 10.3 Å². The Morgan fingerprint density at radius 1 is 1.35 bits per heavy atom. The third-order valence-corrected chi connectivity index (χ3v) is 2.99. The molecule has 0 radical (unpaired) electrons. The lowest BCUT2D eigenvalue weighted by Gasteiger charge is -2.27. The number of carbonyl (C=O) groups is 1. The standard InChI is InChI=1S/C14H12N4O2/c1-14(13(19)20,11-5-3-2-4-6-11)17-12-10(9-15)7-8-16-18-12/h2-8H,1H3,(H,17,18)(H,19,20). The number of hydrogen-bond acceptors (Lipinski definition) is 5. The minimum Gasteiger partial charge on any atom is -0.479 e. The van der Waals surface area contributed by atoms with E-state index < -0.39 is 11.5 Å². The quantitative estimate of drug-likeness (QED) is 0.876. The van der Waals surface area contributed by atoms with Crippen molar-refractivity contribution in [2.75, 3.05) is 5.32 Å². The molecule has 0 amide bonds. The van der Waals surface area contributed by atoms with Gasteiger partial charge in [-0.05, 0) is 18.6 Å². The van der Waals surface area contributed by atoms with Crippen molar-refractivity contribution in [3.05, 3.63) is 53.7 Å². The molecular formula is C14H12N4O2. The van der Waals surface area contributed by atoms with Gasteiger partial charge in [0.25, 0.3) is 0 Å². The minimum atomic E-state index is -1.40. The molecule has 2 N–H and O–H groups in total. The van der Waals surface area contributed by atoms with E-state index in [1.165, 1.54) is 19.2 Å². The van der Waals surface area contributed by atoms with E-state index in [1.54, 1.807) is 30.3 Å². The summed E-state index contributed by atoms with van der Waals surface area (Å²) in [6, 6.07) is 12.1. The number of aromatic nitrogens is 2. The van der Waals surface area contributed by atoms with Crippen molar-refractivity contribution in [3.8, 4) is 6.07 Å². The zero-order chi connectivity index (χ0) is 14.6. The van der Waals surface area contributed by atoms with E-state index >= 15 is 0 Å². The monoisotopic (exact) mass is 268 g/mol. The van der Waals surface area contributed by atoms with Crippen molar-refractivity contribution in [1.29, 1.82) is 5.26 Å². The maximum atomic E-state index is 11.6. The molecule has 0 aliphatic rings. The highest BCUT2D eigenvalue weighted by Crippen LogP contribution is 2.26. The zero-order valence-electron chi connectivity index (χ0n) is 10.7. The molecule has 0 spiro atoms. The molecule has 6 nitrogen and oxygen atoms in total. The number of benzene rings is 1. The summed E-state index contributed by atoms with van der Waals surface area (Å²) in [6.07, 6.45) is 1.38. The van der Waals surface area contributed by atoms with E-state index in [-0.39, 0.29) is 11.4 Å². The maximum Gasteiger partial charge on any atom is 0.333 e. The summed E-state index contributed by atoms with van der Waals surface area (Å²) in [4.78, 5) is 11.6. The van der Waals surface area contributed by atoms with Crippen molar-refractivity contribution >= 4 is 11.8 Å². The van der Waals surface area contributed by atoms with Gasteiger partial charge in [-0.15, -0.1) is 5.10 Å². The molecule has 0 aliphatic heterocycles. The van der Waals surface area contributed by atoms with Crippen LogP contribution < -0.4 is 5.32 Å². The van der Waals surface area contributed by atoms with Crippen LogP contribution in [0, 0.1) is 11.3 Å². The molecule has 0 fully saturated rings. The topological polar surface area (TPSA) is 98.9 Å². The Morgan fingerprint density at radius 3 is 2.65 bits per heavy atom. The SMILES string of the molecule is CC(Nc1nnccc1C#N)(C(=O)O)c1ccccc1. The van der Waals surface area contributed by atoms with E-state index in [0.29, 0.717) is 5.56 Å². The molecule has 1 heterocycles. The number of nitriles is 1. The average molecular weight is 268 g/mol. The van der Waals surface area contributed by atoms with Crippen LogP contribution in [0.25, 0.3) is 0 Å². The van der Waals surface area contributed by atoms with Gasteiger partial charge in [-0.1, -0.05) is 30.3 Å². The summed E-state index contributed by atoms with van der Waals surface area (Å²) in [5, 5.41) is 28.8. The van der Waals surface area contributed by atoms with Crippen LogP contribution in [-0.4, -0.2) is 21.3 Å². The number of aliphatic carboxylic acids is 1. The lowest BCUT2D eigenvalue weighted by molar-refractivity contribution is -0.142. The normalized spacial score (nSPS) is 13.0. The third-order valence-electron chi connectivity index (χ3n) is 2.99. The summed E-state index contributed by atoms with van der Waals surface area (Å²) in [7, 11) is 0.